The Labute approximate surface area is 210 Å². The summed E-state index contributed by atoms with van der Waals surface area (Å²) in [6.45, 7) is 3.83. The van der Waals surface area contributed by atoms with Crippen molar-refractivity contribution < 1.29 is 29.4 Å². The van der Waals surface area contributed by atoms with E-state index in [1.807, 2.05) is 6.26 Å². The summed E-state index contributed by atoms with van der Waals surface area (Å²) in [5.41, 5.74) is 6.63. The molecule has 1 aromatic rings. The molecule has 0 radical (unpaired) electrons. The van der Waals surface area contributed by atoms with Crippen LogP contribution in [-0.4, -0.2) is 81.5 Å². The molecule has 1 heterocycles. The number of benzene rings is 1. The lowest BCUT2D eigenvalue weighted by molar-refractivity contribution is -0.149. The fourth-order valence-electron chi connectivity index (χ4n) is 3.99. The molecule has 1 saturated heterocycles. The van der Waals surface area contributed by atoms with Gasteiger partial charge in [-0.25, -0.2) is 4.79 Å². The third-order valence-corrected chi connectivity index (χ3v) is 6.67. The summed E-state index contributed by atoms with van der Waals surface area (Å²) in [6.07, 6.45) is 3.38. The number of nitrogens with zero attached hydrogens (tertiary/aromatic N) is 1. The van der Waals surface area contributed by atoms with Crippen molar-refractivity contribution in [2.45, 2.75) is 63.7 Å². The van der Waals surface area contributed by atoms with Gasteiger partial charge in [-0.15, -0.1) is 0 Å². The highest BCUT2D eigenvalue weighted by Crippen LogP contribution is 2.20. The van der Waals surface area contributed by atoms with Crippen LogP contribution in [0.4, 0.5) is 0 Å². The SMILES string of the molecule is CSCCC(N)C(=O)NC(C(=O)NC(Cc1ccc(O)cc1)C(=O)N1CCCC1C(=O)O)C(C)C. The van der Waals surface area contributed by atoms with E-state index in [-0.39, 0.29) is 24.6 Å². The summed E-state index contributed by atoms with van der Waals surface area (Å²) in [4.78, 5) is 52.1. The summed E-state index contributed by atoms with van der Waals surface area (Å²) in [5, 5.41) is 24.5. The lowest BCUT2D eigenvalue weighted by atomic mass is 10.00. The molecule has 0 saturated carbocycles. The highest BCUT2D eigenvalue weighted by Gasteiger charge is 2.38. The lowest BCUT2D eigenvalue weighted by Crippen LogP contribution is -2.59. The number of phenolic OH excluding ortho intramolecular Hbond substituents is 1. The Morgan fingerprint density at radius 2 is 1.80 bits per heavy atom. The fourth-order valence-corrected chi connectivity index (χ4v) is 4.48. The van der Waals surface area contributed by atoms with E-state index >= 15 is 0 Å². The van der Waals surface area contributed by atoms with Crippen LogP contribution >= 0.6 is 11.8 Å². The number of likely N-dealkylation sites (tertiary alicyclic amines) is 1. The van der Waals surface area contributed by atoms with E-state index in [9.17, 15) is 29.4 Å². The number of thioether (sulfide) groups is 1. The van der Waals surface area contributed by atoms with Gasteiger partial charge in [0.1, 0.15) is 23.9 Å². The molecule has 2 rings (SSSR count). The highest BCUT2D eigenvalue weighted by molar-refractivity contribution is 7.98. The van der Waals surface area contributed by atoms with Crippen LogP contribution in [0.15, 0.2) is 24.3 Å². The molecular weight excluding hydrogens is 472 g/mol. The fraction of sp³-hybridized carbons (Fsp3) is 0.583. The van der Waals surface area contributed by atoms with Crippen LogP contribution in [0.3, 0.4) is 0 Å². The van der Waals surface area contributed by atoms with Crippen LogP contribution < -0.4 is 16.4 Å². The van der Waals surface area contributed by atoms with Gasteiger partial charge < -0.3 is 31.5 Å². The first-order chi connectivity index (χ1) is 16.5. The van der Waals surface area contributed by atoms with Crippen LogP contribution in [0.2, 0.25) is 0 Å². The van der Waals surface area contributed by atoms with Gasteiger partial charge in [0.05, 0.1) is 6.04 Å². The van der Waals surface area contributed by atoms with Gasteiger partial charge in [0.2, 0.25) is 17.7 Å². The van der Waals surface area contributed by atoms with E-state index in [1.165, 1.54) is 17.0 Å². The molecule has 1 aliphatic heterocycles. The average molecular weight is 509 g/mol. The molecule has 0 aromatic heterocycles. The standard InChI is InChI=1S/C24H36N4O6S/c1-14(2)20(27-21(30)17(25)10-12-35-3)22(31)26-18(13-15-6-8-16(29)9-7-15)23(32)28-11-4-5-19(28)24(33)34/h6-9,14,17-20,29H,4-5,10-13,25H2,1-3H3,(H,26,31)(H,27,30)(H,33,34). The van der Waals surface area contributed by atoms with Gasteiger partial charge >= 0.3 is 5.97 Å². The molecule has 0 spiro atoms. The molecule has 1 fully saturated rings. The number of hydrogen-bond donors (Lipinski definition) is 5. The number of nitrogens with two attached hydrogens (primary N) is 1. The maximum absolute atomic E-state index is 13.4. The molecule has 4 unspecified atom stereocenters. The first kappa shape index (κ1) is 28.4. The molecule has 6 N–H and O–H groups in total. The van der Waals surface area contributed by atoms with Crippen LogP contribution in [0.5, 0.6) is 5.75 Å². The second-order valence-electron chi connectivity index (χ2n) is 9.08. The minimum atomic E-state index is -1.09. The predicted octanol–water partition coefficient (Wildman–Crippen LogP) is 0.716. The summed E-state index contributed by atoms with van der Waals surface area (Å²) >= 11 is 1.57. The predicted molar refractivity (Wildman–Crippen MR) is 134 cm³/mol. The van der Waals surface area contributed by atoms with E-state index in [0.29, 0.717) is 30.6 Å². The summed E-state index contributed by atoms with van der Waals surface area (Å²) in [6, 6.07) is 2.54. The van der Waals surface area contributed by atoms with Crippen molar-refractivity contribution in [2.75, 3.05) is 18.6 Å². The highest BCUT2D eigenvalue weighted by atomic mass is 32.2. The second kappa shape index (κ2) is 13.3. The van der Waals surface area contributed by atoms with Gasteiger partial charge in [0.15, 0.2) is 0 Å². The smallest absolute Gasteiger partial charge is 0.326 e. The number of nitrogens with one attached hydrogen (secondary N) is 2. The molecule has 1 aliphatic rings. The topological polar surface area (TPSA) is 162 Å². The van der Waals surface area contributed by atoms with E-state index in [1.54, 1.807) is 37.7 Å². The zero-order chi connectivity index (χ0) is 26.1. The number of carbonyl (C=O) groups is 4. The van der Waals surface area contributed by atoms with Crippen molar-refractivity contribution in [1.29, 1.82) is 0 Å². The maximum Gasteiger partial charge on any atom is 0.326 e. The van der Waals surface area contributed by atoms with Crippen LogP contribution in [0.1, 0.15) is 38.7 Å². The molecular formula is C24H36N4O6S. The van der Waals surface area contributed by atoms with Crippen molar-refractivity contribution in [2.24, 2.45) is 11.7 Å². The van der Waals surface area contributed by atoms with Crippen molar-refractivity contribution in [3.63, 3.8) is 0 Å². The number of aliphatic carboxylic acids is 1. The molecule has 1 aromatic carbocycles. The normalized spacial score (nSPS) is 18.1. The minimum absolute atomic E-state index is 0.0616. The molecule has 3 amide bonds. The quantitative estimate of drug-likeness (QED) is 0.276. The van der Waals surface area contributed by atoms with E-state index in [2.05, 4.69) is 10.6 Å². The monoisotopic (exact) mass is 508 g/mol. The lowest BCUT2D eigenvalue weighted by Gasteiger charge is -2.30. The first-order valence-corrected chi connectivity index (χ1v) is 13.1. The average Bonchev–Trinajstić information content (AvgIpc) is 3.31. The van der Waals surface area contributed by atoms with Crippen LogP contribution in [0.25, 0.3) is 0 Å². The van der Waals surface area contributed by atoms with Crippen LogP contribution in [0, 0.1) is 5.92 Å². The van der Waals surface area contributed by atoms with Crippen LogP contribution in [-0.2, 0) is 25.6 Å². The van der Waals surface area contributed by atoms with E-state index in [4.69, 9.17) is 5.73 Å². The Morgan fingerprint density at radius 1 is 1.14 bits per heavy atom. The Bertz CT molecular complexity index is 895. The minimum Gasteiger partial charge on any atom is -0.508 e. The first-order valence-electron chi connectivity index (χ1n) is 11.7. The number of aromatic hydroxyl groups is 1. The van der Waals surface area contributed by atoms with Gasteiger partial charge in [-0.2, -0.15) is 11.8 Å². The molecule has 0 aliphatic carbocycles. The number of amides is 3. The Balaban J connectivity index is 2.23. The number of rotatable bonds is 12. The summed E-state index contributed by atoms with van der Waals surface area (Å²) < 4.78 is 0. The third-order valence-electron chi connectivity index (χ3n) is 6.03. The Kier molecular flexibility index (Phi) is 10.8. The third kappa shape index (κ3) is 8.14. The summed E-state index contributed by atoms with van der Waals surface area (Å²) in [7, 11) is 0. The van der Waals surface area contributed by atoms with Gasteiger partial charge in [0.25, 0.3) is 0 Å². The zero-order valence-corrected chi connectivity index (χ0v) is 21.2. The molecule has 4 atom stereocenters. The maximum atomic E-state index is 13.4. The number of carboxylic acid groups (broad SMARTS) is 1. The molecule has 194 valence electrons. The second-order valence-corrected chi connectivity index (χ2v) is 10.1. The summed E-state index contributed by atoms with van der Waals surface area (Å²) in [5.74, 6) is -2.09. The largest absolute Gasteiger partial charge is 0.508 e. The van der Waals surface area contributed by atoms with E-state index in [0.717, 1.165) is 0 Å². The zero-order valence-electron chi connectivity index (χ0n) is 20.4. The number of carboxylic acids is 1. The Hall–Kier alpha value is -2.79. The molecule has 10 nitrogen and oxygen atoms in total. The van der Waals surface area contributed by atoms with Crippen molar-refractivity contribution in [3.8, 4) is 5.75 Å². The van der Waals surface area contributed by atoms with Gasteiger partial charge in [-0.05, 0) is 54.9 Å². The molecule has 0 bridgehead atoms. The van der Waals surface area contributed by atoms with Gasteiger partial charge in [0, 0.05) is 13.0 Å². The van der Waals surface area contributed by atoms with Gasteiger partial charge in [-0.1, -0.05) is 26.0 Å². The van der Waals surface area contributed by atoms with Crippen molar-refractivity contribution in [3.05, 3.63) is 29.8 Å². The van der Waals surface area contributed by atoms with Gasteiger partial charge in [-0.3, -0.25) is 14.4 Å². The Morgan fingerprint density at radius 3 is 2.37 bits per heavy atom. The van der Waals surface area contributed by atoms with Crippen molar-refractivity contribution >= 4 is 35.5 Å². The van der Waals surface area contributed by atoms with Crippen molar-refractivity contribution in [1.82, 2.24) is 15.5 Å². The molecule has 35 heavy (non-hydrogen) atoms. The molecule has 11 heteroatoms. The number of phenols is 1. The number of carbonyl (C=O) groups excluding carboxylic acids is 3. The number of hydrogen-bond acceptors (Lipinski definition) is 7. The van der Waals surface area contributed by atoms with E-state index < -0.39 is 47.9 Å².